The van der Waals surface area contributed by atoms with E-state index in [4.69, 9.17) is 14.2 Å². The normalized spacial score (nSPS) is 36.8. The molecular formula is C17H30O4. The van der Waals surface area contributed by atoms with Crippen molar-refractivity contribution < 1.29 is 19.0 Å². The minimum absolute atomic E-state index is 0.0501. The van der Waals surface area contributed by atoms with Crippen LogP contribution in [0.4, 0.5) is 0 Å². The van der Waals surface area contributed by atoms with E-state index >= 15 is 0 Å². The van der Waals surface area contributed by atoms with Gasteiger partial charge in [-0.1, -0.05) is 27.2 Å². The minimum Gasteiger partial charge on any atom is -0.382 e. The molecule has 2 aliphatic carbocycles. The number of rotatable bonds is 7. The highest BCUT2D eigenvalue weighted by Gasteiger charge is 2.44. The molecule has 2 rings (SSSR count). The van der Waals surface area contributed by atoms with E-state index in [1.54, 1.807) is 7.11 Å². The number of ketones is 1. The summed E-state index contributed by atoms with van der Waals surface area (Å²) in [6.07, 6.45) is 4.00. The molecule has 0 aromatic heterocycles. The van der Waals surface area contributed by atoms with Gasteiger partial charge in [0, 0.05) is 13.5 Å². The van der Waals surface area contributed by atoms with E-state index in [-0.39, 0.29) is 24.1 Å². The van der Waals surface area contributed by atoms with Gasteiger partial charge in [0.15, 0.2) is 5.78 Å². The van der Waals surface area contributed by atoms with E-state index in [9.17, 15) is 4.79 Å². The Morgan fingerprint density at radius 1 is 1.19 bits per heavy atom. The van der Waals surface area contributed by atoms with E-state index in [2.05, 4.69) is 20.8 Å². The summed E-state index contributed by atoms with van der Waals surface area (Å²) in [5.41, 5.74) is 0. The molecule has 2 saturated carbocycles. The molecule has 0 saturated heterocycles. The van der Waals surface area contributed by atoms with Gasteiger partial charge >= 0.3 is 0 Å². The molecule has 0 N–H and O–H groups in total. The third-order valence-electron chi connectivity index (χ3n) is 4.95. The third-order valence-corrected chi connectivity index (χ3v) is 4.95. The molecule has 2 aliphatic rings. The zero-order chi connectivity index (χ0) is 15.4. The van der Waals surface area contributed by atoms with Crippen LogP contribution in [0.15, 0.2) is 0 Å². The van der Waals surface area contributed by atoms with Gasteiger partial charge in [-0.3, -0.25) is 4.79 Å². The second kappa shape index (κ2) is 7.70. The van der Waals surface area contributed by atoms with Gasteiger partial charge in [-0.25, -0.2) is 0 Å². The van der Waals surface area contributed by atoms with Crippen molar-refractivity contribution >= 4 is 5.78 Å². The summed E-state index contributed by atoms with van der Waals surface area (Å²) in [7, 11) is 1.64. The maximum Gasteiger partial charge on any atom is 0.166 e. The second-order valence-electron chi connectivity index (χ2n) is 6.99. The van der Waals surface area contributed by atoms with Gasteiger partial charge in [-0.15, -0.1) is 0 Å². The average Bonchev–Trinajstić information content (AvgIpc) is 2.43. The lowest BCUT2D eigenvalue weighted by Gasteiger charge is -2.43. The lowest BCUT2D eigenvalue weighted by molar-refractivity contribution is -0.185. The van der Waals surface area contributed by atoms with Gasteiger partial charge in [0.1, 0.15) is 6.10 Å². The van der Waals surface area contributed by atoms with E-state index in [0.29, 0.717) is 37.4 Å². The van der Waals surface area contributed by atoms with Gasteiger partial charge < -0.3 is 14.2 Å². The maximum atomic E-state index is 11.7. The summed E-state index contributed by atoms with van der Waals surface area (Å²) < 4.78 is 16.9. The predicted molar refractivity (Wildman–Crippen MR) is 81.2 cm³/mol. The van der Waals surface area contributed by atoms with Crippen molar-refractivity contribution in [3.8, 4) is 0 Å². The molecule has 2 fully saturated rings. The number of Topliss-reactive ketones (excluding diaryl/α,β-unsaturated/α-hetero) is 1. The standard InChI is InChI=1S/C17H30O4/c1-11(2)13-6-5-12(3)9-15(13)21-16-10-14(18)17(16)20-8-7-19-4/h11-13,15-17H,5-10H2,1-4H3. The van der Waals surface area contributed by atoms with E-state index in [1.165, 1.54) is 12.8 Å². The highest BCUT2D eigenvalue weighted by molar-refractivity contribution is 5.90. The summed E-state index contributed by atoms with van der Waals surface area (Å²) in [5.74, 6) is 2.12. The van der Waals surface area contributed by atoms with Crippen molar-refractivity contribution in [1.29, 1.82) is 0 Å². The topological polar surface area (TPSA) is 44.8 Å². The molecule has 4 heteroatoms. The Hall–Kier alpha value is -0.450. The molecule has 4 nitrogen and oxygen atoms in total. The first-order chi connectivity index (χ1) is 10.0. The van der Waals surface area contributed by atoms with Crippen molar-refractivity contribution in [2.45, 2.75) is 64.8 Å². The fourth-order valence-corrected chi connectivity index (χ4v) is 3.54. The van der Waals surface area contributed by atoms with Gasteiger partial charge in [0.25, 0.3) is 0 Å². The summed E-state index contributed by atoms with van der Waals surface area (Å²) in [4.78, 5) is 11.7. The van der Waals surface area contributed by atoms with Crippen LogP contribution in [0, 0.1) is 17.8 Å². The molecule has 122 valence electrons. The van der Waals surface area contributed by atoms with Crippen LogP contribution in [0.2, 0.25) is 0 Å². The summed E-state index contributed by atoms with van der Waals surface area (Å²) in [6.45, 7) is 7.82. The zero-order valence-corrected chi connectivity index (χ0v) is 13.8. The first-order valence-electron chi connectivity index (χ1n) is 8.31. The quantitative estimate of drug-likeness (QED) is 0.678. The maximum absolute atomic E-state index is 11.7. The molecule has 0 heterocycles. The number of methoxy groups -OCH3 is 1. The van der Waals surface area contributed by atoms with Crippen molar-refractivity contribution in [3.05, 3.63) is 0 Å². The molecule has 21 heavy (non-hydrogen) atoms. The van der Waals surface area contributed by atoms with E-state index in [0.717, 1.165) is 6.42 Å². The highest BCUT2D eigenvalue weighted by atomic mass is 16.6. The lowest BCUT2D eigenvalue weighted by atomic mass is 9.75. The Labute approximate surface area is 128 Å². The van der Waals surface area contributed by atoms with Crippen LogP contribution < -0.4 is 0 Å². The van der Waals surface area contributed by atoms with Gasteiger partial charge in [0.05, 0.1) is 25.4 Å². The molecule has 0 aromatic rings. The van der Waals surface area contributed by atoms with Crippen LogP contribution in [0.3, 0.4) is 0 Å². The van der Waals surface area contributed by atoms with Gasteiger partial charge in [-0.05, 0) is 30.6 Å². The van der Waals surface area contributed by atoms with E-state index < -0.39 is 0 Å². The molecule has 0 aliphatic heterocycles. The zero-order valence-electron chi connectivity index (χ0n) is 13.8. The van der Waals surface area contributed by atoms with Crippen LogP contribution in [0.5, 0.6) is 0 Å². The van der Waals surface area contributed by atoms with Crippen LogP contribution >= 0.6 is 0 Å². The molecular weight excluding hydrogens is 268 g/mol. The Morgan fingerprint density at radius 2 is 1.95 bits per heavy atom. The fourth-order valence-electron chi connectivity index (χ4n) is 3.54. The SMILES string of the molecule is COCCOC1C(=O)CC1OC1CC(C)CCC1C(C)C. The number of ether oxygens (including phenoxy) is 3. The Bertz CT molecular complexity index is 342. The lowest BCUT2D eigenvalue weighted by Crippen LogP contribution is -2.53. The van der Waals surface area contributed by atoms with Crippen molar-refractivity contribution in [2.24, 2.45) is 17.8 Å². The van der Waals surface area contributed by atoms with E-state index in [1.807, 2.05) is 0 Å². The molecule has 5 unspecified atom stereocenters. The molecule has 0 spiro atoms. The Morgan fingerprint density at radius 3 is 2.57 bits per heavy atom. The largest absolute Gasteiger partial charge is 0.382 e. The molecule has 0 radical (unpaired) electrons. The molecule has 0 amide bonds. The van der Waals surface area contributed by atoms with Crippen LogP contribution in [0.1, 0.15) is 46.5 Å². The molecule has 0 bridgehead atoms. The van der Waals surface area contributed by atoms with Crippen LogP contribution in [0.25, 0.3) is 0 Å². The Kier molecular flexibility index (Phi) is 6.20. The van der Waals surface area contributed by atoms with Crippen LogP contribution in [-0.2, 0) is 19.0 Å². The predicted octanol–water partition coefficient (Wildman–Crippen LogP) is 2.84. The number of hydrogen-bond donors (Lipinski definition) is 0. The minimum atomic E-state index is -0.370. The first-order valence-corrected chi connectivity index (χ1v) is 8.31. The number of carbonyl (C=O) groups excluding carboxylic acids is 1. The Balaban J connectivity index is 1.87. The number of carbonyl (C=O) groups is 1. The smallest absolute Gasteiger partial charge is 0.166 e. The monoisotopic (exact) mass is 298 g/mol. The first kappa shape index (κ1) is 16.9. The van der Waals surface area contributed by atoms with Gasteiger partial charge in [-0.2, -0.15) is 0 Å². The van der Waals surface area contributed by atoms with Gasteiger partial charge in [0.2, 0.25) is 0 Å². The van der Waals surface area contributed by atoms with Crippen molar-refractivity contribution in [3.63, 3.8) is 0 Å². The molecule has 5 atom stereocenters. The summed E-state index contributed by atoms with van der Waals surface area (Å²) >= 11 is 0. The second-order valence-corrected chi connectivity index (χ2v) is 6.99. The highest BCUT2D eigenvalue weighted by Crippen LogP contribution is 2.38. The average molecular weight is 298 g/mol. The van der Waals surface area contributed by atoms with Crippen molar-refractivity contribution in [1.82, 2.24) is 0 Å². The van der Waals surface area contributed by atoms with Crippen LogP contribution in [-0.4, -0.2) is 44.4 Å². The third kappa shape index (κ3) is 4.27. The summed E-state index contributed by atoms with van der Waals surface area (Å²) in [5, 5.41) is 0. The summed E-state index contributed by atoms with van der Waals surface area (Å²) in [6, 6.07) is 0. The molecule has 0 aromatic carbocycles. The van der Waals surface area contributed by atoms with Crippen molar-refractivity contribution in [2.75, 3.05) is 20.3 Å². The fraction of sp³-hybridized carbons (Fsp3) is 0.941. The number of hydrogen-bond acceptors (Lipinski definition) is 4.